The summed E-state index contributed by atoms with van der Waals surface area (Å²) in [7, 11) is 4.16. The van der Waals surface area contributed by atoms with Gasteiger partial charge >= 0.3 is 0 Å². The molecule has 0 radical (unpaired) electrons. The van der Waals surface area contributed by atoms with E-state index in [4.69, 9.17) is 11.6 Å². The molecule has 1 fully saturated rings. The molecule has 1 aromatic rings. The Morgan fingerprint density at radius 3 is 2.75 bits per heavy atom. The highest BCUT2D eigenvalue weighted by molar-refractivity contribution is 6.31. The van der Waals surface area contributed by atoms with Gasteiger partial charge in [-0.3, -0.25) is 4.68 Å². The number of likely N-dealkylation sites (N-methyl/N-ethyl adjacent to an activating group) is 1. The molecule has 2 rings (SSSR count). The molecule has 1 aliphatic rings. The monoisotopic (exact) mass is 298 g/mol. The molecule has 0 aromatic carbocycles. The van der Waals surface area contributed by atoms with E-state index in [0.29, 0.717) is 11.8 Å². The summed E-state index contributed by atoms with van der Waals surface area (Å²) < 4.78 is 2.07. The predicted molar refractivity (Wildman–Crippen MR) is 84.4 cm³/mol. The molecule has 1 N–H and O–H groups in total. The van der Waals surface area contributed by atoms with Gasteiger partial charge in [-0.05, 0) is 39.4 Å². The quantitative estimate of drug-likeness (QED) is 0.801. The number of aromatic nitrogens is 2. The topological polar surface area (TPSA) is 33.1 Å². The molecule has 114 valence electrons. The minimum Gasteiger partial charge on any atom is -0.314 e. The highest BCUT2D eigenvalue weighted by Gasteiger charge is 2.25. The van der Waals surface area contributed by atoms with Crippen LogP contribution in [0.1, 0.15) is 38.3 Å². The van der Waals surface area contributed by atoms with E-state index in [2.05, 4.69) is 47.9 Å². The van der Waals surface area contributed by atoms with Crippen LogP contribution in [0.5, 0.6) is 0 Å². The lowest BCUT2D eigenvalue weighted by atomic mass is 9.92. The van der Waals surface area contributed by atoms with Gasteiger partial charge in [0.2, 0.25) is 0 Å². The molecule has 2 unspecified atom stereocenters. The zero-order chi connectivity index (χ0) is 14.7. The summed E-state index contributed by atoms with van der Waals surface area (Å²) in [5.74, 6) is 0.973. The van der Waals surface area contributed by atoms with E-state index in [1.807, 2.05) is 0 Å². The summed E-state index contributed by atoms with van der Waals surface area (Å²) in [5, 5.41) is 8.84. The third-order valence-electron chi connectivity index (χ3n) is 4.18. The minimum atomic E-state index is 0.415. The standard InChI is InChI=1S/C15H27ClN4/c1-11(9-17-13-5-6-13)12(2)15-14(16)10-18-20(15)8-7-19(3)4/h10-13,17H,5-9H2,1-4H3. The summed E-state index contributed by atoms with van der Waals surface area (Å²) in [6, 6.07) is 0.763. The summed E-state index contributed by atoms with van der Waals surface area (Å²) in [6.45, 7) is 7.48. The third kappa shape index (κ3) is 4.21. The molecule has 0 bridgehead atoms. The number of nitrogens with one attached hydrogen (secondary N) is 1. The molecule has 0 saturated heterocycles. The van der Waals surface area contributed by atoms with E-state index in [9.17, 15) is 0 Å². The van der Waals surface area contributed by atoms with Crippen molar-refractivity contribution in [1.29, 1.82) is 0 Å². The first-order valence-corrected chi connectivity index (χ1v) is 7.96. The van der Waals surface area contributed by atoms with Gasteiger partial charge in [0.1, 0.15) is 0 Å². The molecule has 5 heteroatoms. The summed E-state index contributed by atoms with van der Waals surface area (Å²) in [4.78, 5) is 2.17. The van der Waals surface area contributed by atoms with Gasteiger partial charge in [-0.15, -0.1) is 0 Å². The maximum atomic E-state index is 6.36. The minimum absolute atomic E-state index is 0.415. The van der Waals surface area contributed by atoms with E-state index in [-0.39, 0.29) is 0 Å². The molecular formula is C15H27ClN4. The van der Waals surface area contributed by atoms with Crippen molar-refractivity contribution < 1.29 is 0 Å². The molecule has 1 saturated carbocycles. The second kappa shape index (κ2) is 6.92. The van der Waals surface area contributed by atoms with E-state index in [0.717, 1.165) is 30.7 Å². The Hall–Kier alpha value is -0.580. The first-order chi connectivity index (χ1) is 9.49. The van der Waals surface area contributed by atoms with Crippen molar-refractivity contribution in [2.45, 2.75) is 45.2 Å². The molecule has 0 amide bonds. The van der Waals surface area contributed by atoms with Crippen molar-refractivity contribution in [3.63, 3.8) is 0 Å². The van der Waals surface area contributed by atoms with E-state index in [1.54, 1.807) is 6.20 Å². The van der Waals surface area contributed by atoms with Gasteiger partial charge in [-0.1, -0.05) is 25.4 Å². The SMILES string of the molecule is CC(CNC1CC1)C(C)c1c(Cl)cnn1CCN(C)C. The van der Waals surface area contributed by atoms with Crippen LogP contribution in [0.2, 0.25) is 5.02 Å². The highest BCUT2D eigenvalue weighted by atomic mass is 35.5. The Bertz CT molecular complexity index is 426. The van der Waals surface area contributed by atoms with Crippen LogP contribution in [-0.4, -0.2) is 47.9 Å². The Labute approximate surface area is 127 Å². The lowest BCUT2D eigenvalue weighted by Crippen LogP contribution is -2.28. The van der Waals surface area contributed by atoms with Crippen LogP contribution in [0.3, 0.4) is 0 Å². The lowest BCUT2D eigenvalue weighted by molar-refractivity contribution is 0.357. The predicted octanol–water partition coefficient (Wildman–Crippen LogP) is 2.59. The van der Waals surface area contributed by atoms with E-state index >= 15 is 0 Å². The van der Waals surface area contributed by atoms with Crippen LogP contribution in [0.4, 0.5) is 0 Å². The zero-order valence-electron chi connectivity index (χ0n) is 13.1. The smallest absolute Gasteiger partial charge is 0.0820 e. The maximum absolute atomic E-state index is 6.36. The van der Waals surface area contributed by atoms with Crippen LogP contribution in [0.25, 0.3) is 0 Å². The molecule has 1 aliphatic carbocycles. The first-order valence-electron chi connectivity index (χ1n) is 7.58. The van der Waals surface area contributed by atoms with Crippen molar-refractivity contribution in [1.82, 2.24) is 20.0 Å². The molecule has 2 atom stereocenters. The average molecular weight is 299 g/mol. The molecule has 0 spiro atoms. The van der Waals surface area contributed by atoms with Crippen molar-refractivity contribution in [3.05, 3.63) is 16.9 Å². The molecule has 1 aromatic heterocycles. The largest absolute Gasteiger partial charge is 0.314 e. The fraction of sp³-hybridized carbons (Fsp3) is 0.800. The second-order valence-corrected chi connectivity index (χ2v) is 6.76. The Morgan fingerprint density at radius 2 is 2.15 bits per heavy atom. The third-order valence-corrected chi connectivity index (χ3v) is 4.47. The normalized spacial score (nSPS) is 18.5. The Balaban J connectivity index is 1.98. The van der Waals surface area contributed by atoms with Crippen LogP contribution < -0.4 is 5.32 Å². The van der Waals surface area contributed by atoms with Crippen LogP contribution in [0, 0.1) is 5.92 Å². The van der Waals surface area contributed by atoms with Crippen molar-refractivity contribution >= 4 is 11.6 Å². The van der Waals surface area contributed by atoms with Crippen molar-refractivity contribution in [3.8, 4) is 0 Å². The van der Waals surface area contributed by atoms with Gasteiger partial charge in [0.05, 0.1) is 23.5 Å². The average Bonchev–Trinajstić information content (AvgIpc) is 3.16. The number of nitrogens with zero attached hydrogens (tertiary/aromatic N) is 3. The zero-order valence-corrected chi connectivity index (χ0v) is 13.8. The van der Waals surface area contributed by atoms with E-state index in [1.165, 1.54) is 18.5 Å². The van der Waals surface area contributed by atoms with Crippen LogP contribution in [-0.2, 0) is 6.54 Å². The van der Waals surface area contributed by atoms with Crippen LogP contribution in [0.15, 0.2) is 6.20 Å². The van der Waals surface area contributed by atoms with Gasteiger partial charge < -0.3 is 10.2 Å². The number of halogens is 1. The molecule has 1 heterocycles. The van der Waals surface area contributed by atoms with Gasteiger partial charge in [-0.25, -0.2) is 0 Å². The van der Waals surface area contributed by atoms with Gasteiger partial charge in [-0.2, -0.15) is 5.10 Å². The molecule has 20 heavy (non-hydrogen) atoms. The van der Waals surface area contributed by atoms with Crippen molar-refractivity contribution in [2.24, 2.45) is 5.92 Å². The van der Waals surface area contributed by atoms with Crippen molar-refractivity contribution in [2.75, 3.05) is 27.2 Å². The number of rotatable bonds is 8. The van der Waals surface area contributed by atoms with Gasteiger partial charge in [0.15, 0.2) is 0 Å². The van der Waals surface area contributed by atoms with Crippen LogP contribution >= 0.6 is 11.6 Å². The Kier molecular flexibility index (Phi) is 5.47. The number of hydrogen-bond donors (Lipinski definition) is 1. The fourth-order valence-corrected chi connectivity index (χ4v) is 2.70. The maximum Gasteiger partial charge on any atom is 0.0820 e. The molecule has 4 nitrogen and oxygen atoms in total. The van der Waals surface area contributed by atoms with Gasteiger partial charge in [0, 0.05) is 18.5 Å². The van der Waals surface area contributed by atoms with Gasteiger partial charge in [0.25, 0.3) is 0 Å². The summed E-state index contributed by atoms with van der Waals surface area (Å²) in [6.07, 6.45) is 4.45. The lowest BCUT2D eigenvalue weighted by Gasteiger charge is -2.22. The summed E-state index contributed by atoms with van der Waals surface area (Å²) >= 11 is 6.36. The van der Waals surface area contributed by atoms with E-state index < -0.39 is 0 Å². The second-order valence-electron chi connectivity index (χ2n) is 6.35. The highest BCUT2D eigenvalue weighted by Crippen LogP contribution is 2.30. The fourth-order valence-electron chi connectivity index (χ4n) is 2.38. The number of hydrogen-bond acceptors (Lipinski definition) is 3. The molecule has 0 aliphatic heterocycles. The summed E-state index contributed by atoms with van der Waals surface area (Å²) in [5.41, 5.74) is 1.18. The molecular weight excluding hydrogens is 272 g/mol. The Morgan fingerprint density at radius 1 is 1.45 bits per heavy atom. The first kappa shape index (κ1) is 15.8.